The molecule has 1 aromatic heterocycles. The average Bonchev–Trinajstić information content (AvgIpc) is 2.54. The van der Waals surface area contributed by atoms with E-state index in [4.69, 9.17) is 0 Å². The van der Waals surface area contributed by atoms with E-state index in [1.807, 2.05) is 0 Å². The number of ether oxygens (including phenoxy) is 1. The Balaban J connectivity index is 2.32. The minimum Gasteiger partial charge on any atom is -0.416 e. The van der Waals surface area contributed by atoms with E-state index in [0.29, 0.717) is 11.8 Å². The molecule has 1 heterocycles. The van der Waals surface area contributed by atoms with Crippen LogP contribution in [0.3, 0.4) is 0 Å². The predicted molar refractivity (Wildman–Crippen MR) is 77.7 cm³/mol. The Morgan fingerprint density at radius 1 is 1.21 bits per heavy atom. The van der Waals surface area contributed by atoms with Gasteiger partial charge in [0.1, 0.15) is 17.2 Å². The van der Waals surface area contributed by atoms with Crippen LogP contribution >= 0.6 is 0 Å². The zero-order valence-electron chi connectivity index (χ0n) is 12.8. The number of halogens is 4. The standard InChI is InChI=1S/C16H14F4N2O2/c1-9(10-4-3-5-11(17)6-10)22(2)15(23)13-7-12(18)8-21-14(13)24-16(19)20/h3-9,16H,1-2H3. The van der Waals surface area contributed by atoms with Crippen molar-refractivity contribution in [2.45, 2.75) is 19.6 Å². The van der Waals surface area contributed by atoms with Crippen molar-refractivity contribution in [1.82, 2.24) is 9.88 Å². The van der Waals surface area contributed by atoms with E-state index in [9.17, 15) is 22.4 Å². The number of carbonyl (C=O) groups excluding carboxylic acids is 1. The van der Waals surface area contributed by atoms with Gasteiger partial charge in [-0.1, -0.05) is 12.1 Å². The van der Waals surface area contributed by atoms with Gasteiger partial charge in [-0.25, -0.2) is 13.8 Å². The summed E-state index contributed by atoms with van der Waals surface area (Å²) in [5, 5.41) is 0. The maximum absolute atomic E-state index is 13.4. The van der Waals surface area contributed by atoms with Crippen LogP contribution in [0.5, 0.6) is 5.88 Å². The smallest absolute Gasteiger partial charge is 0.388 e. The van der Waals surface area contributed by atoms with Gasteiger partial charge in [0.25, 0.3) is 5.91 Å². The summed E-state index contributed by atoms with van der Waals surface area (Å²) in [4.78, 5) is 17.0. The first-order valence-electron chi connectivity index (χ1n) is 6.92. The molecule has 0 aliphatic heterocycles. The number of amides is 1. The van der Waals surface area contributed by atoms with Crippen LogP contribution in [-0.2, 0) is 0 Å². The third kappa shape index (κ3) is 4.01. The van der Waals surface area contributed by atoms with Crippen molar-refractivity contribution in [3.8, 4) is 5.88 Å². The first kappa shape index (κ1) is 17.7. The van der Waals surface area contributed by atoms with E-state index >= 15 is 0 Å². The number of carbonyl (C=O) groups is 1. The Labute approximate surface area is 135 Å². The summed E-state index contributed by atoms with van der Waals surface area (Å²) in [6.45, 7) is -1.59. The molecule has 0 radical (unpaired) electrons. The fourth-order valence-electron chi connectivity index (χ4n) is 2.11. The zero-order chi connectivity index (χ0) is 17.9. The second-order valence-corrected chi connectivity index (χ2v) is 5.03. The molecule has 128 valence electrons. The number of alkyl halides is 2. The number of aromatic nitrogens is 1. The highest BCUT2D eigenvalue weighted by Gasteiger charge is 2.25. The van der Waals surface area contributed by atoms with Crippen LogP contribution in [0.4, 0.5) is 17.6 Å². The van der Waals surface area contributed by atoms with Gasteiger partial charge >= 0.3 is 6.61 Å². The van der Waals surface area contributed by atoms with Crippen molar-refractivity contribution in [1.29, 1.82) is 0 Å². The molecule has 1 unspecified atom stereocenters. The lowest BCUT2D eigenvalue weighted by atomic mass is 10.1. The summed E-state index contributed by atoms with van der Waals surface area (Å²) in [5.74, 6) is -2.80. The lowest BCUT2D eigenvalue weighted by Gasteiger charge is -2.26. The van der Waals surface area contributed by atoms with Crippen LogP contribution in [0.1, 0.15) is 28.9 Å². The van der Waals surface area contributed by atoms with Gasteiger partial charge in [0.15, 0.2) is 0 Å². The molecule has 0 fully saturated rings. The molecule has 0 N–H and O–H groups in total. The molecular formula is C16H14F4N2O2. The molecule has 24 heavy (non-hydrogen) atoms. The Morgan fingerprint density at radius 3 is 2.54 bits per heavy atom. The van der Waals surface area contributed by atoms with Crippen LogP contribution in [-0.4, -0.2) is 29.5 Å². The molecule has 0 spiro atoms. The van der Waals surface area contributed by atoms with Crippen LogP contribution < -0.4 is 4.74 Å². The normalized spacial score (nSPS) is 12.1. The first-order valence-corrected chi connectivity index (χ1v) is 6.92. The monoisotopic (exact) mass is 342 g/mol. The van der Waals surface area contributed by atoms with E-state index in [1.54, 1.807) is 13.0 Å². The summed E-state index contributed by atoms with van der Waals surface area (Å²) < 4.78 is 55.6. The van der Waals surface area contributed by atoms with E-state index in [2.05, 4.69) is 9.72 Å². The maximum Gasteiger partial charge on any atom is 0.388 e. The topological polar surface area (TPSA) is 42.4 Å². The molecule has 8 heteroatoms. The van der Waals surface area contributed by atoms with E-state index in [1.165, 1.54) is 25.2 Å². The lowest BCUT2D eigenvalue weighted by Crippen LogP contribution is -2.30. The van der Waals surface area contributed by atoms with Crippen molar-refractivity contribution in [3.05, 3.63) is 59.3 Å². The minimum atomic E-state index is -3.21. The highest BCUT2D eigenvalue weighted by atomic mass is 19.3. The highest BCUT2D eigenvalue weighted by Crippen LogP contribution is 2.25. The number of benzene rings is 1. The molecule has 2 aromatic rings. The molecule has 4 nitrogen and oxygen atoms in total. The maximum atomic E-state index is 13.4. The molecule has 0 aliphatic carbocycles. The van der Waals surface area contributed by atoms with Gasteiger partial charge < -0.3 is 9.64 Å². The summed E-state index contributed by atoms with van der Waals surface area (Å²) in [6, 6.07) is 5.77. The molecule has 0 saturated carbocycles. The number of hydrogen-bond acceptors (Lipinski definition) is 3. The second-order valence-electron chi connectivity index (χ2n) is 5.03. The van der Waals surface area contributed by atoms with Crippen LogP contribution in [0.15, 0.2) is 36.5 Å². The minimum absolute atomic E-state index is 0.443. The molecule has 0 aliphatic rings. The number of nitrogens with zero attached hydrogens (tertiary/aromatic N) is 2. The predicted octanol–water partition coefficient (Wildman–Crippen LogP) is 3.79. The highest BCUT2D eigenvalue weighted by molar-refractivity contribution is 5.96. The van der Waals surface area contributed by atoms with E-state index in [-0.39, 0.29) is 0 Å². The van der Waals surface area contributed by atoms with E-state index < -0.39 is 41.6 Å². The Bertz CT molecular complexity index is 740. The van der Waals surface area contributed by atoms with Crippen molar-refractivity contribution < 1.29 is 27.1 Å². The second kappa shape index (κ2) is 7.29. The van der Waals surface area contributed by atoms with Gasteiger partial charge in [0.2, 0.25) is 5.88 Å². The van der Waals surface area contributed by atoms with Gasteiger partial charge in [0.05, 0.1) is 12.2 Å². The fourth-order valence-corrected chi connectivity index (χ4v) is 2.11. The number of hydrogen-bond donors (Lipinski definition) is 0. The Morgan fingerprint density at radius 2 is 1.92 bits per heavy atom. The zero-order valence-corrected chi connectivity index (χ0v) is 12.8. The molecular weight excluding hydrogens is 328 g/mol. The first-order chi connectivity index (χ1) is 11.3. The number of rotatable bonds is 5. The Hall–Kier alpha value is -2.64. The van der Waals surface area contributed by atoms with Crippen LogP contribution in [0.25, 0.3) is 0 Å². The Kier molecular flexibility index (Phi) is 5.38. The third-order valence-electron chi connectivity index (χ3n) is 3.48. The molecule has 2 rings (SSSR count). The van der Waals surface area contributed by atoms with Gasteiger partial charge in [-0.2, -0.15) is 8.78 Å². The van der Waals surface area contributed by atoms with Crippen molar-refractivity contribution in [2.75, 3.05) is 7.05 Å². The van der Waals surface area contributed by atoms with Gasteiger partial charge in [0, 0.05) is 7.05 Å². The van der Waals surface area contributed by atoms with Crippen LogP contribution in [0, 0.1) is 11.6 Å². The summed E-state index contributed by atoms with van der Waals surface area (Å²) in [6.07, 6.45) is 0.671. The van der Waals surface area contributed by atoms with Gasteiger partial charge in [-0.3, -0.25) is 4.79 Å². The van der Waals surface area contributed by atoms with Gasteiger partial charge in [-0.05, 0) is 30.7 Å². The average molecular weight is 342 g/mol. The van der Waals surface area contributed by atoms with Crippen molar-refractivity contribution in [3.63, 3.8) is 0 Å². The summed E-state index contributed by atoms with van der Waals surface area (Å²) >= 11 is 0. The number of pyridine rings is 1. The SMILES string of the molecule is CC(c1cccc(F)c1)N(C)C(=O)c1cc(F)cnc1OC(F)F. The molecule has 1 aromatic carbocycles. The summed E-state index contributed by atoms with van der Waals surface area (Å²) in [7, 11) is 1.38. The van der Waals surface area contributed by atoms with Crippen molar-refractivity contribution >= 4 is 5.91 Å². The van der Waals surface area contributed by atoms with E-state index in [0.717, 1.165) is 11.0 Å². The fraction of sp³-hybridized carbons (Fsp3) is 0.250. The van der Waals surface area contributed by atoms with Crippen molar-refractivity contribution in [2.24, 2.45) is 0 Å². The third-order valence-corrected chi connectivity index (χ3v) is 3.48. The largest absolute Gasteiger partial charge is 0.416 e. The molecule has 0 bridgehead atoms. The summed E-state index contributed by atoms with van der Waals surface area (Å²) in [5.41, 5.74) is 0.0487. The molecule has 1 atom stereocenters. The lowest BCUT2D eigenvalue weighted by molar-refractivity contribution is -0.0534. The molecule has 0 saturated heterocycles. The van der Waals surface area contributed by atoms with Crippen LogP contribution in [0.2, 0.25) is 0 Å². The molecule has 1 amide bonds. The van der Waals surface area contributed by atoms with Gasteiger partial charge in [-0.15, -0.1) is 0 Å². The quantitative estimate of drug-likeness (QED) is 0.777.